The minimum atomic E-state index is -0.917. The first kappa shape index (κ1) is 13.4. The van der Waals surface area contributed by atoms with Crippen molar-refractivity contribution in [2.45, 2.75) is 6.92 Å². The van der Waals surface area contributed by atoms with Crippen molar-refractivity contribution < 1.29 is 14.6 Å². The number of carbonyl (C=O) groups is 1. The highest BCUT2D eigenvalue weighted by molar-refractivity contribution is 6.32. The Bertz CT molecular complexity index is 443. The van der Waals surface area contributed by atoms with Crippen LogP contribution in [0.2, 0.25) is 5.02 Å². The molecule has 0 aliphatic rings. The van der Waals surface area contributed by atoms with Gasteiger partial charge in [0.05, 0.1) is 12.1 Å². The molecule has 17 heavy (non-hydrogen) atoms. The second-order valence-corrected chi connectivity index (χ2v) is 3.83. The molecule has 0 aliphatic carbocycles. The van der Waals surface area contributed by atoms with Gasteiger partial charge in [-0.3, -0.25) is 0 Å². The topological polar surface area (TPSA) is 58.6 Å². The van der Waals surface area contributed by atoms with Gasteiger partial charge in [0, 0.05) is 17.8 Å². The van der Waals surface area contributed by atoms with Gasteiger partial charge in [-0.15, -0.1) is 0 Å². The van der Waals surface area contributed by atoms with Crippen LogP contribution in [0.15, 0.2) is 29.8 Å². The zero-order chi connectivity index (χ0) is 12.8. The minimum Gasteiger partial charge on any atom is -0.495 e. The van der Waals surface area contributed by atoms with Crippen LogP contribution in [0, 0.1) is 0 Å². The summed E-state index contributed by atoms with van der Waals surface area (Å²) < 4.78 is 5.02. The first-order chi connectivity index (χ1) is 8.04. The van der Waals surface area contributed by atoms with E-state index in [4.69, 9.17) is 21.4 Å². The fraction of sp³-hybridized carbons (Fsp3) is 0.250. The zero-order valence-corrected chi connectivity index (χ0v) is 10.4. The lowest BCUT2D eigenvalue weighted by molar-refractivity contribution is -0.132. The maximum absolute atomic E-state index is 10.5. The fourth-order valence-electron chi connectivity index (χ4n) is 1.19. The van der Waals surface area contributed by atoms with E-state index in [2.05, 4.69) is 5.32 Å². The largest absolute Gasteiger partial charge is 0.495 e. The van der Waals surface area contributed by atoms with E-state index in [-0.39, 0.29) is 0 Å². The van der Waals surface area contributed by atoms with Crippen molar-refractivity contribution in [1.82, 2.24) is 0 Å². The van der Waals surface area contributed by atoms with Crippen molar-refractivity contribution in [3.05, 3.63) is 34.9 Å². The van der Waals surface area contributed by atoms with E-state index in [0.29, 0.717) is 22.9 Å². The number of ether oxygens (including phenoxy) is 1. The van der Waals surface area contributed by atoms with Crippen LogP contribution in [-0.4, -0.2) is 24.7 Å². The summed E-state index contributed by atoms with van der Waals surface area (Å²) in [7, 11) is 1.55. The number of carboxylic acid groups (broad SMARTS) is 1. The molecule has 0 aliphatic heterocycles. The van der Waals surface area contributed by atoms with Gasteiger partial charge >= 0.3 is 5.97 Å². The molecular weight excluding hydrogens is 242 g/mol. The molecular formula is C12H14ClNO3. The molecule has 0 bridgehead atoms. The Morgan fingerprint density at radius 1 is 1.59 bits per heavy atom. The van der Waals surface area contributed by atoms with Gasteiger partial charge in [0.2, 0.25) is 0 Å². The minimum absolute atomic E-state index is 0.303. The quantitative estimate of drug-likeness (QED) is 0.795. The molecule has 0 amide bonds. The Morgan fingerprint density at radius 3 is 2.82 bits per heavy atom. The van der Waals surface area contributed by atoms with Crippen LogP contribution in [0.1, 0.15) is 6.92 Å². The second-order valence-electron chi connectivity index (χ2n) is 3.42. The lowest BCUT2D eigenvalue weighted by Crippen LogP contribution is -2.03. The number of methoxy groups -OCH3 is 1. The maximum Gasteiger partial charge on any atom is 0.331 e. The van der Waals surface area contributed by atoms with Crippen molar-refractivity contribution in [2.24, 2.45) is 0 Å². The first-order valence-corrected chi connectivity index (χ1v) is 5.40. The van der Waals surface area contributed by atoms with Gasteiger partial charge < -0.3 is 15.2 Å². The predicted octanol–water partition coefficient (Wildman–Crippen LogP) is 2.79. The molecule has 0 spiro atoms. The molecule has 4 nitrogen and oxygen atoms in total. The van der Waals surface area contributed by atoms with E-state index >= 15 is 0 Å². The van der Waals surface area contributed by atoms with Gasteiger partial charge in [-0.2, -0.15) is 0 Å². The molecule has 0 saturated carbocycles. The lowest BCUT2D eigenvalue weighted by atomic mass is 10.2. The third-order valence-electron chi connectivity index (χ3n) is 2.20. The van der Waals surface area contributed by atoms with Gasteiger partial charge in [0.25, 0.3) is 0 Å². The predicted molar refractivity (Wildman–Crippen MR) is 67.9 cm³/mol. The molecule has 0 fully saturated rings. The second kappa shape index (κ2) is 6.15. The van der Waals surface area contributed by atoms with Gasteiger partial charge in [0.1, 0.15) is 5.75 Å². The van der Waals surface area contributed by atoms with E-state index in [0.717, 1.165) is 5.69 Å². The van der Waals surface area contributed by atoms with Crippen LogP contribution in [0.4, 0.5) is 5.69 Å². The average molecular weight is 256 g/mol. The molecule has 92 valence electrons. The molecule has 0 saturated heterocycles. The summed E-state index contributed by atoms with van der Waals surface area (Å²) in [5, 5.41) is 12.2. The molecule has 5 heteroatoms. The van der Waals surface area contributed by atoms with E-state index in [1.54, 1.807) is 32.2 Å². The summed E-state index contributed by atoms with van der Waals surface area (Å²) >= 11 is 5.95. The number of hydrogen-bond acceptors (Lipinski definition) is 3. The summed E-state index contributed by atoms with van der Waals surface area (Å²) in [4.78, 5) is 10.5. The van der Waals surface area contributed by atoms with E-state index in [1.165, 1.54) is 0 Å². The standard InChI is InChI=1S/C12H14ClNO3/c1-8(12(15)16)5-6-14-9-3-4-11(17-2)10(13)7-9/h3-5,7,14H,6H2,1-2H3,(H,15,16)/b8-5-. The number of anilines is 1. The molecule has 1 aromatic carbocycles. The third-order valence-corrected chi connectivity index (χ3v) is 2.50. The number of halogens is 1. The monoisotopic (exact) mass is 255 g/mol. The number of hydrogen-bond donors (Lipinski definition) is 2. The molecule has 0 heterocycles. The molecule has 1 rings (SSSR count). The van der Waals surface area contributed by atoms with E-state index in [1.807, 2.05) is 6.07 Å². The summed E-state index contributed by atoms with van der Waals surface area (Å²) in [5.41, 5.74) is 1.11. The normalized spacial score (nSPS) is 11.1. The summed E-state index contributed by atoms with van der Waals surface area (Å²) in [6.07, 6.45) is 1.60. The summed E-state index contributed by atoms with van der Waals surface area (Å²) in [6.45, 7) is 1.98. The van der Waals surface area contributed by atoms with Crippen LogP contribution >= 0.6 is 11.6 Å². The first-order valence-electron chi connectivity index (χ1n) is 5.02. The fourth-order valence-corrected chi connectivity index (χ4v) is 1.44. The van der Waals surface area contributed by atoms with Crippen LogP contribution in [0.5, 0.6) is 5.75 Å². The van der Waals surface area contributed by atoms with Crippen molar-refractivity contribution in [3.63, 3.8) is 0 Å². The smallest absolute Gasteiger partial charge is 0.331 e. The Balaban J connectivity index is 2.62. The maximum atomic E-state index is 10.5. The zero-order valence-electron chi connectivity index (χ0n) is 9.66. The highest BCUT2D eigenvalue weighted by atomic mass is 35.5. The van der Waals surface area contributed by atoms with Gasteiger partial charge in [-0.25, -0.2) is 4.79 Å². The number of nitrogens with one attached hydrogen (secondary N) is 1. The Morgan fingerprint density at radius 2 is 2.29 bits per heavy atom. The number of rotatable bonds is 5. The van der Waals surface area contributed by atoms with Crippen molar-refractivity contribution in [2.75, 3.05) is 19.0 Å². The van der Waals surface area contributed by atoms with Crippen LogP contribution in [0.3, 0.4) is 0 Å². The molecule has 1 aromatic rings. The molecule has 2 N–H and O–H groups in total. The lowest BCUT2D eigenvalue weighted by Gasteiger charge is -2.07. The highest BCUT2D eigenvalue weighted by Gasteiger charge is 2.01. The highest BCUT2D eigenvalue weighted by Crippen LogP contribution is 2.26. The van der Waals surface area contributed by atoms with Crippen molar-refractivity contribution >= 4 is 23.3 Å². The molecule has 0 radical (unpaired) electrons. The van der Waals surface area contributed by atoms with Crippen LogP contribution in [0.25, 0.3) is 0 Å². The molecule has 0 unspecified atom stereocenters. The van der Waals surface area contributed by atoms with Gasteiger partial charge in [-0.05, 0) is 25.1 Å². The number of aliphatic carboxylic acids is 1. The van der Waals surface area contributed by atoms with E-state index in [9.17, 15) is 4.79 Å². The molecule has 0 aromatic heterocycles. The van der Waals surface area contributed by atoms with Crippen LogP contribution in [-0.2, 0) is 4.79 Å². The summed E-state index contributed by atoms with van der Waals surface area (Å²) in [5.74, 6) is -0.311. The SMILES string of the molecule is COc1ccc(NC/C=C(/C)C(=O)O)cc1Cl. The number of benzene rings is 1. The third kappa shape index (κ3) is 4.00. The number of carboxylic acids is 1. The Kier molecular flexibility index (Phi) is 4.84. The van der Waals surface area contributed by atoms with Gasteiger partial charge in [-0.1, -0.05) is 17.7 Å². The average Bonchev–Trinajstić information content (AvgIpc) is 2.29. The van der Waals surface area contributed by atoms with Crippen LogP contribution < -0.4 is 10.1 Å². The summed E-state index contributed by atoms with van der Waals surface area (Å²) in [6, 6.07) is 5.29. The molecule has 0 atom stereocenters. The van der Waals surface area contributed by atoms with E-state index < -0.39 is 5.97 Å². The Hall–Kier alpha value is -1.68. The Labute approximate surface area is 105 Å². The van der Waals surface area contributed by atoms with Crippen molar-refractivity contribution in [3.8, 4) is 5.75 Å². The van der Waals surface area contributed by atoms with Crippen molar-refractivity contribution in [1.29, 1.82) is 0 Å². The van der Waals surface area contributed by atoms with Gasteiger partial charge in [0.15, 0.2) is 0 Å².